The quantitative estimate of drug-likeness (QED) is 0.771. The number of urea groups is 1. The van der Waals surface area contributed by atoms with Gasteiger partial charge in [0.1, 0.15) is 0 Å². The molecule has 128 valence electrons. The lowest BCUT2D eigenvalue weighted by molar-refractivity contribution is 0.176. The fourth-order valence-electron chi connectivity index (χ4n) is 3.58. The van der Waals surface area contributed by atoms with Crippen LogP contribution in [0.5, 0.6) is 0 Å². The van der Waals surface area contributed by atoms with Crippen LogP contribution in [0.15, 0.2) is 16.8 Å². The maximum atomic E-state index is 12.0. The van der Waals surface area contributed by atoms with E-state index in [0.717, 1.165) is 51.7 Å². The molecule has 1 saturated heterocycles. The van der Waals surface area contributed by atoms with Gasteiger partial charge in [0.15, 0.2) is 0 Å². The number of nitrogens with zero attached hydrogens (tertiary/aromatic N) is 1. The smallest absolute Gasteiger partial charge is 0.315 e. The SMILES string of the molecule is O=C(NC[C@H]1CC[C@H](O)C1)NC1CCN(Cc2ccsc2)CC1. The number of nitrogens with one attached hydrogen (secondary N) is 2. The second-order valence-corrected chi connectivity index (χ2v) is 7.65. The Labute approximate surface area is 142 Å². The third-order valence-electron chi connectivity index (χ3n) is 4.97. The van der Waals surface area contributed by atoms with Gasteiger partial charge in [-0.1, -0.05) is 0 Å². The molecule has 1 saturated carbocycles. The fourth-order valence-corrected chi connectivity index (χ4v) is 4.24. The van der Waals surface area contributed by atoms with Crippen molar-refractivity contribution >= 4 is 17.4 Å². The first-order valence-corrected chi connectivity index (χ1v) is 9.59. The monoisotopic (exact) mass is 337 g/mol. The first-order valence-electron chi connectivity index (χ1n) is 8.65. The van der Waals surface area contributed by atoms with E-state index in [4.69, 9.17) is 0 Å². The number of carbonyl (C=O) groups is 1. The van der Waals surface area contributed by atoms with Crippen molar-refractivity contribution < 1.29 is 9.90 Å². The molecule has 3 N–H and O–H groups in total. The van der Waals surface area contributed by atoms with Gasteiger partial charge in [-0.25, -0.2) is 4.79 Å². The lowest BCUT2D eigenvalue weighted by Gasteiger charge is -2.32. The van der Waals surface area contributed by atoms with Gasteiger partial charge < -0.3 is 15.7 Å². The van der Waals surface area contributed by atoms with Crippen LogP contribution in [-0.2, 0) is 6.54 Å². The van der Waals surface area contributed by atoms with Gasteiger partial charge >= 0.3 is 6.03 Å². The third kappa shape index (κ3) is 5.19. The molecule has 1 aromatic rings. The van der Waals surface area contributed by atoms with Crippen molar-refractivity contribution in [2.45, 2.75) is 50.8 Å². The number of amides is 2. The molecule has 2 atom stereocenters. The van der Waals surface area contributed by atoms with Crippen molar-refractivity contribution in [3.8, 4) is 0 Å². The Bertz CT molecular complexity index is 486. The number of hydrogen-bond acceptors (Lipinski definition) is 4. The highest BCUT2D eigenvalue weighted by Crippen LogP contribution is 2.24. The molecule has 0 spiro atoms. The predicted molar refractivity (Wildman–Crippen MR) is 92.5 cm³/mol. The van der Waals surface area contributed by atoms with Gasteiger partial charge in [-0.2, -0.15) is 11.3 Å². The molecule has 0 aromatic carbocycles. The van der Waals surface area contributed by atoms with E-state index in [9.17, 15) is 9.90 Å². The summed E-state index contributed by atoms with van der Waals surface area (Å²) >= 11 is 1.75. The highest BCUT2D eigenvalue weighted by molar-refractivity contribution is 7.07. The van der Waals surface area contributed by atoms with Crippen molar-refractivity contribution in [1.29, 1.82) is 0 Å². The molecular formula is C17H27N3O2S. The van der Waals surface area contributed by atoms with E-state index in [1.807, 2.05) is 0 Å². The Hall–Kier alpha value is -1.11. The van der Waals surface area contributed by atoms with Gasteiger partial charge in [-0.15, -0.1) is 0 Å². The Morgan fingerprint density at radius 1 is 1.30 bits per heavy atom. The molecule has 1 aromatic heterocycles. The summed E-state index contributed by atoms with van der Waals surface area (Å²) in [6.45, 7) is 3.78. The van der Waals surface area contributed by atoms with Crippen LogP contribution in [0.2, 0.25) is 0 Å². The number of thiophene rings is 1. The minimum atomic E-state index is -0.169. The molecule has 0 unspecified atom stereocenters. The molecule has 23 heavy (non-hydrogen) atoms. The third-order valence-corrected chi connectivity index (χ3v) is 5.71. The normalized spacial score (nSPS) is 26.3. The lowest BCUT2D eigenvalue weighted by atomic mass is 10.0. The summed E-state index contributed by atoms with van der Waals surface area (Å²) in [6.07, 6.45) is 4.57. The fraction of sp³-hybridized carbons (Fsp3) is 0.706. The van der Waals surface area contributed by atoms with Gasteiger partial charge in [0, 0.05) is 32.2 Å². The van der Waals surface area contributed by atoms with Crippen LogP contribution < -0.4 is 10.6 Å². The van der Waals surface area contributed by atoms with Crippen molar-refractivity contribution in [2.75, 3.05) is 19.6 Å². The second kappa shape index (κ2) is 8.13. The minimum absolute atomic E-state index is 0.0531. The molecule has 2 fully saturated rings. The first kappa shape index (κ1) is 16.7. The van der Waals surface area contributed by atoms with Crippen LogP contribution in [0.1, 0.15) is 37.7 Å². The Morgan fingerprint density at radius 3 is 2.78 bits per heavy atom. The summed E-state index contributed by atoms with van der Waals surface area (Å²) in [5, 5.41) is 19.9. The second-order valence-electron chi connectivity index (χ2n) is 6.87. The molecule has 6 heteroatoms. The number of likely N-dealkylation sites (tertiary alicyclic amines) is 1. The Kier molecular flexibility index (Phi) is 5.91. The molecule has 2 amide bonds. The number of hydrogen-bond donors (Lipinski definition) is 3. The highest BCUT2D eigenvalue weighted by atomic mass is 32.1. The van der Waals surface area contributed by atoms with Gasteiger partial charge in [0.25, 0.3) is 0 Å². The summed E-state index contributed by atoms with van der Waals surface area (Å²) in [7, 11) is 0. The molecule has 2 aliphatic rings. The van der Waals surface area contributed by atoms with Crippen molar-refractivity contribution in [2.24, 2.45) is 5.92 Å². The maximum Gasteiger partial charge on any atom is 0.315 e. The average molecular weight is 337 g/mol. The molecule has 1 aliphatic heterocycles. The number of aliphatic hydroxyl groups excluding tert-OH is 1. The molecule has 0 bridgehead atoms. The van der Waals surface area contributed by atoms with Crippen LogP contribution in [0.4, 0.5) is 4.79 Å². The van der Waals surface area contributed by atoms with Crippen LogP contribution in [-0.4, -0.2) is 47.8 Å². The molecule has 0 radical (unpaired) electrons. The summed E-state index contributed by atoms with van der Waals surface area (Å²) in [4.78, 5) is 14.4. The zero-order valence-electron chi connectivity index (χ0n) is 13.5. The lowest BCUT2D eigenvalue weighted by Crippen LogP contribution is -2.48. The van der Waals surface area contributed by atoms with E-state index in [1.54, 1.807) is 11.3 Å². The Morgan fingerprint density at radius 2 is 2.13 bits per heavy atom. The number of piperidine rings is 1. The number of rotatable bonds is 5. The van der Waals surface area contributed by atoms with E-state index in [-0.39, 0.29) is 18.2 Å². The van der Waals surface area contributed by atoms with Crippen molar-refractivity contribution in [3.63, 3.8) is 0 Å². The summed E-state index contributed by atoms with van der Waals surface area (Å²) < 4.78 is 0. The molecule has 3 rings (SSSR count). The van der Waals surface area contributed by atoms with Gasteiger partial charge in [-0.05, 0) is 60.4 Å². The van der Waals surface area contributed by atoms with E-state index in [2.05, 4.69) is 32.4 Å². The zero-order valence-corrected chi connectivity index (χ0v) is 14.4. The number of aliphatic hydroxyl groups is 1. The topological polar surface area (TPSA) is 64.6 Å². The van der Waals surface area contributed by atoms with E-state index < -0.39 is 0 Å². The van der Waals surface area contributed by atoms with Gasteiger partial charge in [0.2, 0.25) is 0 Å². The van der Waals surface area contributed by atoms with E-state index >= 15 is 0 Å². The first-order chi connectivity index (χ1) is 11.2. The molecule has 5 nitrogen and oxygen atoms in total. The van der Waals surface area contributed by atoms with Gasteiger partial charge in [-0.3, -0.25) is 4.90 Å². The average Bonchev–Trinajstić information content (AvgIpc) is 3.19. The highest BCUT2D eigenvalue weighted by Gasteiger charge is 2.24. The maximum absolute atomic E-state index is 12.0. The molecule has 1 aliphatic carbocycles. The zero-order chi connectivity index (χ0) is 16.1. The summed E-state index contributed by atoms with van der Waals surface area (Å²) in [5.74, 6) is 0.434. The van der Waals surface area contributed by atoms with Crippen LogP contribution in [0, 0.1) is 5.92 Å². The number of carbonyl (C=O) groups excluding carboxylic acids is 1. The van der Waals surface area contributed by atoms with Gasteiger partial charge in [0.05, 0.1) is 6.10 Å². The summed E-state index contributed by atoms with van der Waals surface area (Å²) in [6, 6.07) is 2.41. The van der Waals surface area contributed by atoms with E-state index in [1.165, 1.54) is 5.56 Å². The minimum Gasteiger partial charge on any atom is -0.393 e. The van der Waals surface area contributed by atoms with Crippen molar-refractivity contribution in [1.82, 2.24) is 15.5 Å². The summed E-state index contributed by atoms with van der Waals surface area (Å²) in [5.41, 5.74) is 1.39. The van der Waals surface area contributed by atoms with Crippen LogP contribution in [0.3, 0.4) is 0 Å². The van der Waals surface area contributed by atoms with Crippen LogP contribution in [0.25, 0.3) is 0 Å². The largest absolute Gasteiger partial charge is 0.393 e. The van der Waals surface area contributed by atoms with Crippen molar-refractivity contribution in [3.05, 3.63) is 22.4 Å². The molecule has 2 heterocycles. The standard InChI is InChI=1S/C17H27N3O2S/c21-16-2-1-13(9-16)10-18-17(22)19-15-3-6-20(7-4-15)11-14-5-8-23-12-14/h5,8,12-13,15-16,21H,1-4,6-7,9-11H2,(H2,18,19,22)/t13-,16-/m0/s1. The predicted octanol–water partition coefficient (Wildman–Crippen LogP) is 2.17. The Balaban J connectivity index is 1.31. The van der Waals surface area contributed by atoms with Crippen LogP contribution >= 0.6 is 11.3 Å². The van der Waals surface area contributed by atoms with E-state index in [0.29, 0.717) is 12.5 Å². The molecular weight excluding hydrogens is 310 g/mol.